The number of carbonyl (C=O) groups is 1. The molecule has 6 heteroatoms. The summed E-state index contributed by atoms with van der Waals surface area (Å²) < 4.78 is 24.4. The Hall–Kier alpha value is -1.30. The molecule has 0 aliphatic heterocycles. The van der Waals surface area contributed by atoms with Gasteiger partial charge in [0.15, 0.2) is 0 Å². The number of thioether (sulfide) groups is 1. The first-order valence-corrected chi connectivity index (χ1v) is 5.47. The second kappa shape index (κ2) is 6.32. The molecule has 2 N–H and O–H groups in total. The van der Waals surface area contributed by atoms with E-state index < -0.39 is 11.7 Å². The SMILES string of the molecule is O=C(O)CCNc1ccccc1SC(F)F. The first-order valence-electron chi connectivity index (χ1n) is 4.59. The molecule has 0 saturated carbocycles. The van der Waals surface area contributed by atoms with Crippen LogP contribution in [0.1, 0.15) is 6.42 Å². The Morgan fingerprint density at radius 2 is 2.12 bits per heavy atom. The number of carboxylic acid groups (broad SMARTS) is 1. The van der Waals surface area contributed by atoms with Gasteiger partial charge in [-0.05, 0) is 12.1 Å². The van der Waals surface area contributed by atoms with E-state index >= 15 is 0 Å². The van der Waals surface area contributed by atoms with Crippen LogP contribution in [-0.4, -0.2) is 23.4 Å². The Morgan fingerprint density at radius 1 is 1.44 bits per heavy atom. The number of hydrogen-bond donors (Lipinski definition) is 2. The summed E-state index contributed by atoms with van der Waals surface area (Å²) in [5.74, 6) is -3.41. The van der Waals surface area contributed by atoms with Gasteiger partial charge in [0, 0.05) is 17.1 Å². The fourth-order valence-corrected chi connectivity index (χ4v) is 1.73. The molecule has 0 fully saturated rings. The normalized spacial score (nSPS) is 10.4. The maximum absolute atomic E-state index is 12.2. The Balaban J connectivity index is 2.60. The van der Waals surface area contributed by atoms with Crippen molar-refractivity contribution in [2.45, 2.75) is 17.1 Å². The Kier molecular flexibility index (Phi) is 5.04. The fourth-order valence-electron chi connectivity index (χ4n) is 1.12. The van der Waals surface area contributed by atoms with Crippen LogP contribution < -0.4 is 5.32 Å². The number of hydrogen-bond acceptors (Lipinski definition) is 3. The largest absolute Gasteiger partial charge is 0.481 e. The molecule has 0 aliphatic carbocycles. The van der Waals surface area contributed by atoms with E-state index in [4.69, 9.17) is 5.11 Å². The lowest BCUT2D eigenvalue weighted by atomic mass is 10.3. The summed E-state index contributed by atoms with van der Waals surface area (Å²) in [6.45, 7) is 0.218. The topological polar surface area (TPSA) is 49.3 Å². The molecule has 1 rings (SSSR count). The predicted molar refractivity (Wildman–Crippen MR) is 59.0 cm³/mol. The minimum atomic E-state index is -2.48. The molecule has 1 aromatic carbocycles. The summed E-state index contributed by atoms with van der Waals surface area (Å²) in [7, 11) is 0. The highest BCUT2D eigenvalue weighted by molar-refractivity contribution is 7.99. The minimum Gasteiger partial charge on any atom is -0.481 e. The van der Waals surface area contributed by atoms with Crippen LogP contribution in [0.25, 0.3) is 0 Å². The summed E-state index contributed by atoms with van der Waals surface area (Å²) in [6, 6.07) is 6.58. The van der Waals surface area contributed by atoms with E-state index in [0.717, 1.165) is 0 Å². The fraction of sp³-hybridized carbons (Fsp3) is 0.300. The quantitative estimate of drug-likeness (QED) is 0.759. The Morgan fingerprint density at radius 3 is 2.75 bits per heavy atom. The van der Waals surface area contributed by atoms with Crippen LogP contribution in [-0.2, 0) is 4.79 Å². The van der Waals surface area contributed by atoms with Gasteiger partial charge >= 0.3 is 5.97 Å². The Bertz CT molecular complexity index is 360. The van der Waals surface area contributed by atoms with Gasteiger partial charge in [-0.1, -0.05) is 23.9 Å². The highest BCUT2D eigenvalue weighted by Gasteiger charge is 2.09. The molecule has 0 unspecified atom stereocenters. The molecule has 0 aliphatic rings. The van der Waals surface area contributed by atoms with Gasteiger partial charge in [0.05, 0.1) is 6.42 Å². The van der Waals surface area contributed by atoms with E-state index in [9.17, 15) is 13.6 Å². The second-order valence-electron chi connectivity index (χ2n) is 2.95. The number of aliphatic carboxylic acids is 1. The van der Waals surface area contributed by atoms with Gasteiger partial charge < -0.3 is 10.4 Å². The van der Waals surface area contributed by atoms with E-state index in [1.54, 1.807) is 24.3 Å². The molecule has 0 atom stereocenters. The molecule has 16 heavy (non-hydrogen) atoms. The third-order valence-electron chi connectivity index (χ3n) is 1.76. The van der Waals surface area contributed by atoms with Crippen molar-refractivity contribution in [2.24, 2.45) is 0 Å². The molecule has 88 valence electrons. The maximum Gasteiger partial charge on any atom is 0.305 e. The van der Waals surface area contributed by atoms with Crippen LogP contribution in [0.4, 0.5) is 14.5 Å². The van der Waals surface area contributed by atoms with Crippen molar-refractivity contribution in [2.75, 3.05) is 11.9 Å². The van der Waals surface area contributed by atoms with Crippen molar-refractivity contribution in [1.29, 1.82) is 0 Å². The monoisotopic (exact) mass is 247 g/mol. The molecule has 0 heterocycles. The number of nitrogens with one attached hydrogen (secondary N) is 1. The van der Waals surface area contributed by atoms with Gasteiger partial charge in [0.1, 0.15) is 0 Å². The first-order chi connectivity index (χ1) is 7.59. The molecule has 1 aromatic rings. The zero-order chi connectivity index (χ0) is 12.0. The van der Waals surface area contributed by atoms with Crippen molar-refractivity contribution in [3.05, 3.63) is 24.3 Å². The number of anilines is 1. The molecule has 0 spiro atoms. The number of alkyl halides is 2. The molecule has 0 amide bonds. The number of para-hydroxylation sites is 1. The number of benzene rings is 1. The average Bonchev–Trinajstić information content (AvgIpc) is 2.19. The van der Waals surface area contributed by atoms with E-state index in [1.165, 1.54) is 0 Å². The van der Waals surface area contributed by atoms with Crippen LogP contribution in [0.5, 0.6) is 0 Å². The standard InChI is InChI=1S/C10H11F2NO2S/c11-10(12)16-8-4-2-1-3-7(8)13-6-5-9(14)15/h1-4,10,13H,5-6H2,(H,14,15). The number of rotatable bonds is 6. The molecule has 0 radical (unpaired) electrons. The lowest BCUT2D eigenvalue weighted by Gasteiger charge is -2.10. The van der Waals surface area contributed by atoms with Gasteiger partial charge in [-0.3, -0.25) is 4.79 Å². The zero-order valence-electron chi connectivity index (χ0n) is 8.32. The van der Waals surface area contributed by atoms with E-state index in [2.05, 4.69) is 5.32 Å². The summed E-state index contributed by atoms with van der Waals surface area (Å²) in [4.78, 5) is 10.7. The lowest BCUT2D eigenvalue weighted by molar-refractivity contribution is -0.136. The van der Waals surface area contributed by atoms with E-state index in [1.807, 2.05) is 0 Å². The van der Waals surface area contributed by atoms with Crippen LogP contribution in [0, 0.1) is 0 Å². The molecular weight excluding hydrogens is 236 g/mol. The maximum atomic E-state index is 12.2. The minimum absolute atomic E-state index is 0.0479. The van der Waals surface area contributed by atoms with Crippen LogP contribution in [0.2, 0.25) is 0 Å². The molecule has 0 aromatic heterocycles. The van der Waals surface area contributed by atoms with E-state index in [0.29, 0.717) is 22.3 Å². The molecular formula is C10H11F2NO2S. The second-order valence-corrected chi connectivity index (χ2v) is 3.98. The third kappa shape index (κ3) is 4.48. The van der Waals surface area contributed by atoms with Gasteiger partial charge in [-0.2, -0.15) is 8.78 Å². The molecule has 0 bridgehead atoms. The van der Waals surface area contributed by atoms with Crippen molar-refractivity contribution >= 4 is 23.4 Å². The number of halogens is 2. The van der Waals surface area contributed by atoms with Crippen molar-refractivity contribution < 1.29 is 18.7 Å². The summed E-state index contributed by atoms with van der Waals surface area (Å²) in [5, 5.41) is 11.3. The smallest absolute Gasteiger partial charge is 0.305 e. The predicted octanol–water partition coefficient (Wildman–Crippen LogP) is 2.89. The molecule has 0 saturated heterocycles. The summed E-state index contributed by atoms with van der Waals surface area (Å²) in [5.41, 5.74) is 0.536. The van der Waals surface area contributed by atoms with Crippen molar-refractivity contribution in [3.63, 3.8) is 0 Å². The van der Waals surface area contributed by atoms with Crippen molar-refractivity contribution in [1.82, 2.24) is 0 Å². The molecule has 3 nitrogen and oxygen atoms in total. The van der Waals surface area contributed by atoms with E-state index in [-0.39, 0.29) is 13.0 Å². The average molecular weight is 247 g/mol. The highest BCUT2D eigenvalue weighted by Crippen LogP contribution is 2.31. The summed E-state index contributed by atoms with van der Waals surface area (Å²) >= 11 is 0.441. The lowest BCUT2D eigenvalue weighted by Crippen LogP contribution is -2.08. The summed E-state index contributed by atoms with van der Waals surface area (Å²) in [6.07, 6.45) is -0.0479. The van der Waals surface area contributed by atoms with Crippen LogP contribution >= 0.6 is 11.8 Å². The van der Waals surface area contributed by atoms with Crippen molar-refractivity contribution in [3.8, 4) is 0 Å². The first kappa shape index (κ1) is 12.8. The van der Waals surface area contributed by atoms with Gasteiger partial charge in [-0.15, -0.1) is 0 Å². The number of carboxylic acids is 1. The van der Waals surface area contributed by atoms with Crippen LogP contribution in [0.15, 0.2) is 29.2 Å². The van der Waals surface area contributed by atoms with Crippen LogP contribution in [0.3, 0.4) is 0 Å². The van der Waals surface area contributed by atoms with Gasteiger partial charge in [0.2, 0.25) is 0 Å². The van der Waals surface area contributed by atoms with Gasteiger partial charge in [0.25, 0.3) is 5.76 Å². The third-order valence-corrected chi connectivity index (χ3v) is 2.55. The van der Waals surface area contributed by atoms with Gasteiger partial charge in [-0.25, -0.2) is 0 Å². The highest BCUT2D eigenvalue weighted by atomic mass is 32.2. The zero-order valence-corrected chi connectivity index (χ0v) is 9.14. The Labute approximate surface area is 95.9 Å².